The van der Waals surface area contributed by atoms with Gasteiger partial charge in [-0.1, -0.05) is 18.2 Å². The minimum Gasteiger partial charge on any atom is -0.465 e. The third-order valence-corrected chi connectivity index (χ3v) is 3.57. The Morgan fingerprint density at radius 1 is 1.25 bits per heavy atom. The van der Waals surface area contributed by atoms with E-state index in [-0.39, 0.29) is 11.3 Å². The summed E-state index contributed by atoms with van der Waals surface area (Å²) in [7, 11) is 1.23. The van der Waals surface area contributed by atoms with E-state index in [1.165, 1.54) is 25.3 Å². The molecule has 1 heterocycles. The fourth-order valence-electron chi connectivity index (χ4n) is 2.37. The predicted octanol–water partition coefficient (Wildman–Crippen LogP) is 3.43. The molecule has 0 fully saturated rings. The summed E-state index contributed by atoms with van der Waals surface area (Å²) in [5, 5.41) is 19.3. The molecule has 0 saturated carbocycles. The van der Waals surface area contributed by atoms with Crippen LogP contribution >= 0.6 is 0 Å². The standard InChI is InChI=1S/C17H13N3O4/c1-24-17(21)12-7-6-11(16(10-12)20(22)23)8-9-15-13-4-2-3-5-14(13)18-19-15/h2-10H,1H3,(H,18,19). The SMILES string of the molecule is COC(=O)c1ccc(C=Cc2n[nH]c3ccccc23)c([N+](=O)[O-])c1. The molecule has 0 spiro atoms. The lowest BCUT2D eigenvalue weighted by molar-refractivity contribution is -0.385. The third kappa shape index (κ3) is 2.87. The van der Waals surface area contributed by atoms with Crippen LogP contribution in [0.2, 0.25) is 0 Å². The molecule has 0 aliphatic carbocycles. The smallest absolute Gasteiger partial charge is 0.338 e. The Balaban J connectivity index is 2.00. The number of ether oxygens (including phenoxy) is 1. The van der Waals surface area contributed by atoms with Crippen molar-refractivity contribution in [2.75, 3.05) is 7.11 Å². The first-order chi connectivity index (χ1) is 11.6. The normalized spacial score (nSPS) is 11.0. The van der Waals surface area contributed by atoms with Crippen molar-refractivity contribution < 1.29 is 14.5 Å². The quantitative estimate of drug-likeness (QED) is 0.450. The fourth-order valence-corrected chi connectivity index (χ4v) is 2.37. The number of nitro benzene ring substituents is 1. The molecule has 0 bridgehead atoms. The molecule has 7 nitrogen and oxygen atoms in total. The van der Waals surface area contributed by atoms with Gasteiger partial charge in [-0.3, -0.25) is 15.2 Å². The zero-order chi connectivity index (χ0) is 17.1. The first kappa shape index (κ1) is 15.4. The van der Waals surface area contributed by atoms with Gasteiger partial charge in [0.25, 0.3) is 5.69 Å². The van der Waals surface area contributed by atoms with Crippen molar-refractivity contribution in [3.05, 3.63) is 69.4 Å². The molecule has 0 aliphatic heterocycles. The Morgan fingerprint density at radius 3 is 2.79 bits per heavy atom. The van der Waals surface area contributed by atoms with E-state index in [0.29, 0.717) is 11.3 Å². The van der Waals surface area contributed by atoms with E-state index in [0.717, 1.165) is 10.9 Å². The highest BCUT2D eigenvalue weighted by atomic mass is 16.6. The molecular weight excluding hydrogens is 310 g/mol. The second-order valence-electron chi connectivity index (χ2n) is 5.01. The van der Waals surface area contributed by atoms with E-state index < -0.39 is 10.9 Å². The minimum atomic E-state index is -0.619. The van der Waals surface area contributed by atoms with Crippen LogP contribution in [0.15, 0.2) is 42.5 Å². The number of nitrogens with zero attached hydrogens (tertiary/aromatic N) is 2. The van der Waals surface area contributed by atoms with Crippen LogP contribution in [-0.4, -0.2) is 28.2 Å². The van der Waals surface area contributed by atoms with Crippen molar-refractivity contribution in [1.29, 1.82) is 0 Å². The van der Waals surface area contributed by atoms with Crippen LogP contribution in [0.4, 0.5) is 5.69 Å². The van der Waals surface area contributed by atoms with E-state index in [1.54, 1.807) is 12.2 Å². The summed E-state index contributed by atoms with van der Waals surface area (Å²) in [6, 6.07) is 11.8. The first-order valence-corrected chi connectivity index (χ1v) is 7.08. The average Bonchev–Trinajstić information content (AvgIpc) is 3.02. The molecule has 1 N–H and O–H groups in total. The van der Waals surface area contributed by atoms with Gasteiger partial charge in [0.15, 0.2) is 0 Å². The van der Waals surface area contributed by atoms with Crippen molar-refractivity contribution in [1.82, 2.24) is 10.2 Å². The Kier molecular flexibility index (Phi) is 4.07. The number of aromatic amines is 1. The van der Waals surface area contributed by atoms with Crippen LogP contribution in [0.5, 0.6) is 0 Å². The van der Waals surface area contributed by atoms with E-state index in [4.69, 9.17) is 0 Å². The number of nitrogens with one attached hydrogen (secondary N) is 1. The number of hydrogen-bond acceptors (Lipinski definition) is 5. The van der Waals surface area contributed by atoms with E-state index in [1.807, 2.05) is 24.3 Å². The van der Waals surface area contributed by atoms with Crippen LogP contribution in [0.25, 0.3) is 23.1 Å². The number of carbonyl (C=O) groups excluding carboxylic acids is 1. The minimum absolute atomic E-state index is 0.131. The van der Waals surface area contributed by atoms with Gasteiger partial charge in [0.2, 0.25) is 0 Å². The lowest BCUT2D eigenvalue weighted by Crippen LogP contribution is -2.02. The summed E-state index contributed by atoms with van der Waals surface area (Å²) < 4.78 is 4.58. The number of aromatic nitrogens is 2. The maximum atomic E-state index is 11.5. The largest absolute Gasteiger partial charge is 0.465 e. The Bertz CT molecular complexity index is 959. The summed E-state index contributed by atoms with van der Waals surface area (Å²) in [6.45, 7) is 0. The molecule has 0 saturated heterocycles. The Labute approximate surface area is 136 Å². The number of H-pyrrole nitrogens is 1. The van der Waals surface area contributed by atoms with E-state index in [9.17, 15) is 14.9 Å². The molecule has 3 aromatic rings. The van der Waals surface area contributed by atoms with Crippen molar-refractivity contribution >= 4 is 34.7 Å². The van der Waals surface area contributed by atoms with Gasteiger partial charge >= 0.3 is 5.97 Å². The number of fused-ring (bicyclic) bond motifs is 1. The van der Waals surface area contributed by atoms with Crippen molar-refractivity contribution in [2.45, 2.75) is 0 Å². The Hall–Kier alpha value is -3.48. The summed E-state index contributed by atoms with van der Waals surface area (Å²) in [5.41, 5.74) is 1.89. The van der Waals surface area contributed by atoms with E-state index in [2.05, 4.69) is 14.9 Å². The van der Waals surface area contributed by atoms with Crippen LogP contribution < -0.4 is 0 Å². The molecule has 24 heavy (non-hydrogen) atoms. The monoisotopic (exact) mass is 323 g/mol. The van der Waals surface area contributed by atoms with Crippen molar-refractivity contribution in [2.24, 2.45) is 0 Å². The molecule has 120 valence electrons. The molecule has 0 atom stereocenters. The molecule has 2 aromatic carbocycles. The zero-order valence-corrected chi connectivity index (χ0v) is 12.7. The van der Waals surface area contributed by atoms with Crippen LogP contribution in [0.3, 0.4) is 0 Å². The summed E-state index contributed by atoms with van der Waals surface area (Å²) in [4.78, 5) is 22.2. The van der Waals surface area contributed by atoms with Crippen molar-refractivity contribution in [3.63, 3.8) is 0 Å². The van der Waals surface area contributed by atoms with Crippen molar-refractivity contribution in [3.8, 4) is 0 Å². The lowest BCUT2D eigenvalue weighted by Gasteiger charge is -2.01. The molecule has 0 amide bonds. The van der Waals surface area contributed by atoms with Gasteiger partial charge < -0.3 is 4.74 Å². The van der Waals surface area contributed by atoms with Gasteiger partial charge in [-0.15, -0.1) is 0 Å². The number of benzene rings is 2. The second kappa shape index (κ2) is 6.33. The molecule has 0 radical (unpaired) electrons. The zero-order valence-electron chi connectivity index (χ0n) is 12.7. The van der Waals surface area contributed by atoms with Crippen LogP contribution in [0, 0.1) is 10.1 Å². The molecular formula is C17H13N3O4. The predicted molar refractivity (Wildman–Crippen MR) is 89.5 cm³/mol. The highest BCUT2D eigenvalue weighted by molar-refractivity contribution is 5.92. The summed E-state index contributed by atoms with van der Waals surface area (Å²) >= 11 is 0. The number of para-hydroxylation sites is 1. The molecule has 3 rings (SSSR count). The highest BCUT2D eigenvalue weighted by Gasteiger charge is 2.16. The summed E-state index contributed by atoms with van der Waals surface area (Å²) in [6.07, 6.45) is 3.29. The number of nitro groups is 1. The maximum Gasteiger partial charge on any atom is 0.338 e. The van der Waals surface area contributed by atoms with Gasteiger partial charge in [-0.05, 0) is 30.4 Å². The molecule has 0 unspecified atom stereocenters. The number of carbonyl (C=O) groups is 1. The highest BCUT2D eigenvalue weighted by Crippen LogP contribution is 2.24. The lowest BCUT2D eigenvalue weighted by atomic mass is 10.1. The third-order valence-electron chi connectivity index (χ3n) is 3.57. The number of rotatable bonds is 4. The number of methoxy groups -OCH3 is 1. The van der Waals surface area contributed by atoms with Crippen LogP contribution in [-0.2, 0) is 4.74 Å². The van der Waals surface area contributed by atoms with Gasteiger partial charge in [-0.25, -0.2) is 4.79 Å². The van der Waals surface area contributed by atoms with Gasteiger partial charge in [0.05, 0.1) is 34.4 Å². The number of hydrogen-bond donors (Lipinski definition) is 1. The Morgan fingerprint density at radius 2 is 2.04 bits per heavy atom. The van der Waals surface area contributed by atoms with Crippen LogP contribution in [0.1, 0.15) is 21.6 Å². The summed E-state index contributed by atoms with van der Waals surface area (Å²) in [5.74, 6) is -0.619. The second-order valence-corrected chi connectivity index (χ2v) is 5.01. The van der Waals surface area contributed by atoms with Gasteiger partial charge in [-0.2, -0.15) is 5.10 Å². The maximum absolute atomic E-state index is 11.5. The molecule has 1 aromatic heterocycles. The molecule has 0 aliphatic rings. The fraction of sp³-hybridized carbons (Fsp3) is 0.0588. The van der Waals surface area contributed by atoms with Gasteiger partial charge in [0.1, 0.15) is 0 Å². The van der Waals surface area contributed by atoms with Gasteiger partial charge in [0, 0.05) is 11.5 Å². The average molecular weight is 323 g/mol. The number of esters is 1. The van der Waals surface area contributed by atoms with E-state index >= 15 is 0 Å². The first-order valence-electron chi connectivity index (χ1n) is 7.08. The topological polar surface area (TPSA) is 98.1 Å². The molecule has 7 heteroatoms.